The van der Waals surface area contributed by atoms with Gasteiger partial charge in [0.1, 0.15) is 0 Å². The molecule has 0 radical (unpaired) electrons. The summed E-state index contributed by atoms with van der Waals surface area (Å²) in [6.07, 6.45) is -16.0. The summed E-state index contributed by atoms with van der Waals surface area (Å²) in [6.45, 7) is 0. The summed E-state index contributed by atoms with van der Waals surface area (Å²) in [5, 5.41) is -0.306. The van der Waals surface area contributed by atoms with Gasteiger partial charge < -0.3 is 5.11 Å². The van der Waals surface area contributed by atoms with E-state index in [1.54, 1.807) is 0 Å². The second-order valence-electron chi connectivity index (χ2n) is 7.67. The summed E-state index contributed by atoms with van der Waals surface area (Å²) in [6, 6.07) is 0. The van der Waals surface area contributed by atoms with Crippen molar-refractivity contribution in [2.75, 3.05) is 7.05 Å². The molecule has 30 heteroatoms. The van der Waals surface area contributed by atoms with Gasteiger partial charge in [-0.25, -0.2) is 8.42 Å². The summed E-state index contributed by atoms with van der Waals surface area (Å²) in [4.78, 5) is 0. The second kappa shape index (κ2) is 9.81. The van der Waals surface area contributed by atoms with Crippen LogP contribution in [0.25, 0.3) is 0 Å². The molecule has 4 nitrogen and oxygen atoms in total. The van der Waals surface area contributed by atoms with Gasteiger partial charge in [-0.3, -0.25) is 0 Å². The number of hydrogen-bond donors (Lipinski definition) is 1. The second-order valence-corrected chi connectivity index (χ2v) is 9.68. The van der Waals surface area contributed by atoms with Gasteiger partial charge in [0.2, 0.25) is 0 Å². The predicted molar refractivity (Wildman–Crippen MR) is 79.4 cm³/mol. The monoisotopic (exact) mass is 729 g/mol. The van der Waals surface area contributed by atoms with Crippen LogP contribution in [0.4, 0.5) is 110 Å². The third-order valence-corrected chi connectivity index (χ3v) is 6.81. The number of aliphatic hydroxyl groups is 1. The Bertz CT molecular complexity index is 1150. The van der Waals surface area contributed by atoms with Crippen LogP contribution in [0.3, 0.4) is 0 Å². The fourth-order valence-electron chi connectivity index (χ4n) is 2.22. The van der Waals surface area contributed by atoms with E-state index in [0.29, 0.717) is 0 Å². The molecule has 0 aromatic rings. The average Bonchev–Trinajstić information content (AvgIpc) is 2.75. The van der Waals surface area contributed by atoms with E-state index in [9.17, 15) is 118 Å². The molecule has 1 N–H and O–H groups in total. The topological polar surface area (TPSA) is 57.6 Å². The summed E-state index contributed by atoms with van der Waals surface area (Å²) in [7, 11) is -11.0. The Morgan fingerprint density at radius 1 is 0.395 bits per heavy atom. The average molecular weight is 729 g/mol. The van der Waals surface area contributed by atoms with Crippen molar-refractivity contribution in [3.05, 3.63) is 0 Å². The first-order valence-electron chi connectivity index (χ1n) is 8.84. The van der Waals surface area contributed by atoms with E-state index in [4.69, 9.17) is 5.11 Å². The minimum atomic E-state index is -9.45. The van der Waals surface area contributed by atoms with Gasteiger partial charge in [0.15, 0.2) is 0 Å². The van der Waals surface area contributed by atoms with Crippen LogP contribution in [0.2, 0.25) is 0 Å². The van der Waals surface area contributed by atoms with Gasteiger partial charge in [0.25, 0.3) is 10.0 Å². The fourth-order valence-corrected chi connectivity index (χ4v) is 3.45. The van der Waals surface area contributed by atoms with Crippen LogP contribution in [0.5, 0.6) is 0 Å². The Morgan fingerprint density at radius 2 is 0.605 bits per heavy atom. The molecule has 260 valence electrons. The highest BCUT2D eigenvalue weighted by Gasteiger charge is 2.97. The number of sulfonamides is 1. The molecule has 0 aliphatic heterocycles. The lowest BCUT2D eigenvalue weighted by molar-refractivity contribution is -0.458. The summed E-state index contributed by atoms with van der Waals surface area (Å²) >= 11 is 0. The molecule has 0 aliphatic carbocycles. The first kappa shape index (κ1) is 41.1. The van der Waals surface area contributed by atoms with Crippen LogP contribution in [-0.4, -0.2) is 95.8 Å². The fraction of sp³-hybridized carbons (Fsp3) is 1.00. The normalized spacial score (nSPS) is 18.2. The largest absolute Gasteiger partial charge is 0.460 e. The highest BCUT2D eigenvalue weighted by molar-refractivity contribution is 7.90. The Hall–Kier alpha value is -1.88. The molecular formula is C13H4F25NO3S. The van der Waals surface area contributed by atoms with E-state index in [-0.39, 0.29) is 0 Å². The third kappa shape index (κ3) is 4.90. The first-order valence-corrected chi connectivity index (χ1v) is 10.3. The molecule has 0 aromatic heterocycles. The quantitative estimate of drug-likeness (QED) is 0.147. The molecule has 43 heavy (non-hydrogen) atoms. The Balaban J connectivity index is 7.36. The van der Waals surface area contributed by atoms with Crippen molar-refractivity contribution in [1.82, 2.24) is 4.31 Å². The van der Waals surface area contributed by atoms with Crippen LogP contribution in [0.15, 0.2) is 0 Å². The van der Waals surface area contributed by atoms with Gasteiger partial charge in [-0.15, -0.1) is 4.31 Å². The van der Waals surface area contributed by atoms with Crippen molar-refractivity contribution in [2.24, 2.45) is 0 Å². The maximum Gasteiger partial charge on any atom is 0.460 e. The van der Waals surface area contributed by atoms with Crippen LogP contribution in [0, 0.1) is 0 Å². The number of alkyl halides is 25. The van der Waals surface area contributed by atoms with Crippen molar-refractivity contribution >= 4 is 10.0 Å². The molecule has 0 spiro atoms. The van der Waals surface area contributed by atoms with Crippen molar-refractivity contribution in [3.8, 4) is 0 Å². The molecule has 0 fully saturated rings. The van der Waals surface area contributed by atoms with Crippen LogP contribution in [0.1, 0.15) is 0 Å². The zero-order valence-corrected chi connectivity index (χ0v) is 19.4. The van der Waals surface area contributed by atoms with E-state index in [0.717, 1.165) is 0 Å². The van der Waals surface area contributed by atoms with Gasteiger partial charge in [0, 0.05) is 7.05 Å². The molecule has 1 atom stereocenters. The molecule has 0 aliphatic rings. The molecule has 0 heterocycles. The highest BCUT2D eigenvalue weighted by atomic mass is 32.2. The number of halogens is 25. The summed E-state index contributed by atoms with van der Waals surface area (Å²) < 4.78 is 346. The van der Waals surface area contributed by atoms with Gasteiger partial charge >= 0.3 is 71.0 Å². The van der Waals surface area contributed by atoms with Crippen LogP contribution >= 0.6 is 0 Å². The van der Waals surface area contributed by atoms with E-state index >= 15 is 0 Å². The molecule has 0 aromatic carbocycles. The lowest BCUT2D eigenvalue weighted by Gasteiger charge is -2.44. The third-order valence-electron chi connectivity index (χ3n) is 4.94. The molecule has 0 amide bonds. The van der Waals surface area contributed by atoms with Gasteiger partial charge in [-0.2, -0.15) is 110 Å². The maximum atomic E-state index is 13.9. The van der Waals surface area contributed by atoms with Crippen molar-refractivity contribution in [3.63, 3.8) is 0 Å². The van der Waals surface area contributed by atoms with Crippen molar-refractivity contribution in [2.45, 2.75) is 71.0 Å². The Kier molecular flexibility index (Phi) is 9.38. The molecule has 1 unspecified atom stereocenters. The smallest absolute Gasteiger partial charge is 0.344 e. The van der Waals surface area contributed by atoms with E-state index in [1.165, 1.54) is 0 Å². The van der Waals surface area contributed by atoms with Gasteiger partial charge in [-0.05, 0) is 0 Å². The maximum absolute atomic E-state index is 13.9. The van der Waals surface area contributed by atoms with Gasteiger partial charge in [-0.1, -0.05) is 0 Å². The van der Waals surface area contributed by atoms with Crippen molar-refractivity contribution < 1.29 is 123 Å². The molecule has 0 bridgehead atoms. The van der Waals surface area contributed by atoms with E-state index in [1.807, 2.05) is 0 Å². The zero-order valence-electron chi connectivity index (χ0n) is 18.6. The molecule has 0 saturated carbocycles. The van der Waals surface area contributed by atoms with Gasteiger partial charge in [0.05, 0.1) is 0 Å². The Morgan fingerprint density at radius 3 is 0.860 bits per heavy atom. The number of hydrogen-bond acceptors (Lipinski definition) is 3. The first-order chi connectivity index (χ1) is 17.9. The SMILES string of the molecule is CN(C(O)(F)C(F)(F)C(F)(F)C(F)(F)F)S(=O)(=O)C(F)(F)C(F)(F)C(F)(F)C(F)(F)C(F)(F)C(F)(F)C(F)(F)C(F)(F)F. The summed E-state index contributed by atoms with van der Waals surface area (Å²) in [5.41, 5.74) is 0. The Labute approximate surface area is 217 Å². The highest BCUT2D eigenvalue weighted by Crippen LogP contribution is 2.65. The summed E-state index contributed by atoms with van der Waals surface area (Å²) in [5.74, 6) is -79.3. The predicted octanol–water partition coefficient (Wildman–Crippen LogP) is 6.66. The molecular weight excluding hydrogens is 725 g/mol. The standard InChI is InChI=1S/C13H4F25NO3S/c1-39(13(38,40)9(28,29)7(24,25)11(33,34)35)43(41,42)12(36,37)8(26,27)5(20,21)3(16,17)2(14,15)4(18,19)6(22,23)10(30,31)32/h40H,1H3. The lowest BCUT2D eigenvalue weighted by Crippen LogP contribution is -2.76. The van der Waals surface area contributed by atoms with Crippen LogP contribution < -0.4 is 0 Å². The number of nitrogens with zero attached hydrogens (tertiary/aromatic N) is 1. The minimum absolute atomic E-state index is 1.72. The zero-order chi connectivity index (χ0) is 36.1. The van der Waals surface area contributed by atoms with Crippen LogP contribution in [-0.2, 0) is 10.0 Å². The minimum Gasteiger partial charge on any atom is -0.344 e. The lowest BCUT2D eigenvalue weighted by atomic mass is 9.91. The van der Waals surface area contributed by atoms with E-state index < -0.39 is 92.3 Å². The molecule has 0 rings (SSSR count). The molecule has 0 saturated heterocycles. The number of rotatable bonds is 11. The van der Waals surface area contributed by atoms with Crippen molar-refractivity contribution in [1.29, 1.82) is 0 Å². The van der Waals surface area contributed by atoms with E-state index in [2.05, 4.69) is 0 Å².